The lowest BCUT2D eigenvalue weighted by atomic mass is 9.77. The Bertz CT molecular complexity index is 1050. The van der Waals surface area contributed by atoms with Crippen molar-refractivity contribution in [1.82, 2.24) is 0 Å². The average molecular weight is 445 g/mol. The SMILES string of the molecule is COc1cc(OC)c2c(c1Cl)OC1(C2=O)C(SCc2ccccc2)=CC(=O)CC1C. The van der Waals surface area contributed by atoms with Crippen molar-refractivity contribution in [3.63, 3.8) is 0 Å². The molecule has 0 radical (unpaired) electrons. The van der Waals surface area contributed by atoms with Gasteiger partial charge in [-0.25, -0.2) is 0 Å². The van der Waals surface area contributed by atoms with Gasteiger partial charge in [0, 0.05) is 29.1 Å². The van der Waals surface area contributed by atoms with E-state index in [1.807, 2.05) is 37.3 Å². The molecule has 1 aliphatic carbocycles. The number of rotatable bonds is 5. The van der Waals surface area contributed by atoms with Gasteiger partial charge < -0.3 is 14.2 Å². The van der Waals surface area contributed by atoms with Gasteiger partial charge in [0.1, 0.15) is 22.1 Å². The molecule has 0 saturated heterocycles. The number of thioether (sulfide) groups is 1. The van der Waals surface area contributed by atoms with E-state index in [1.54, 1.807) is 6.07 Å². The minimum absolute atomic E-state index is 0.0216. The summed E-state index contributed by atoms with van der Waals surface area (Å²) in [5.74, 6) is 0.918. The molecular weight excluding hydrogens is 424 g/mol. The normalized spacial score (nSPS) is 22.5. The van der Waals surface area contributed by atoms with E-state index in [2.05, 4.69) is 0 Å². The van der Waals surface area contributed by atoms with Crippen molar-refractivity contribution in [1.29, 1.82) is 0 Å². The zero-order chi connectivity index (χ0) is 21.5. The second-order valence-corrected chi connectivity index (χ2v) is 8.72. The van der Waals surface area contributed by atoms with Gasteiger partial charge in [0.05, 0.1) is 14.2 Å². The second kappa shape index (κ2) is 8.00. The van der Waals surface area contributed by atoms with Crippen LogP contribution in [0, 0.1) is 5.92 Å². The molecule has 30 heavy (non-hydrogen) atoms. The van der Waals surface area contributed by atoms with E-state index in [-0.39, 0.29) is 40.2 Å². The summed E-state index contributed by atoms with van der Waals surface area (Å²) in [4.78, 5) is 26.7. The monoisotopic (exact) mass is 444 g/mol. The van der Waals surface area contributed by atoms with Crippen molar-refractivity contribution in [3.05, 3.63) is 63.5 Å². The predicted octanol–water partition coefficient (Wildman–Crippen LogP) is 5.10. The fourth-order valence-electron chi connectivity index (χ4n) is 3.97. The van der Waals surface area contributed by atoms with Gasteiger partial charge in [-0.15, -0.1) is 11.8 Å². The fraction of sp³-hybridized carbons (Fsp3) is 0.304. The summed E-state index contributed by atoms with van der Waals surface area (Å²) < 4.78 is 17.1. The Morgan fingerprint density at radius 2 is 1.87 bits per heavy atom. The van der Waals surface area contributed by atoms with Crippen LogP contribution in [0.25, 0.3) is 0 Å². The van der Waals surface area contributed by atoms with Gasteiger partial charge in [-0.05, 0) is 11.6 Å². The molecule has 7 heteroatoms. The first kappa shape index (κ1) is 20.8. The van der Waals surface area contributed by atoms with Gasteiger partial charge in [-0.1, -0.05) is 48.9 Å². The molecule has 0 bridgehead atoms. The first-order chi connectivity index (χ1) is 14.4. The minimum atomic E-state index is -1.31. The largest absolute Gasteiger partial charge is 0.496 e. The molecule has 0 fully saturated rings. The summed E-state index contributed by atoms with van der Waals surface area (Å²) in [5, 5.41) is 0.218. The lowest BCUT2D eigenvalue weighted by molar-refractivity contribution is -0.117. The zero-order valence-corrected chi connectivity index (χ0v) is 18.4. The van der Waals surface area contributed by atoms with Crippen molar-refractivity contribution in [3.8, 4) is 17.2 Å². The van der Waals surface area contributed by atoms with E-state index in [0.29, 0.717) is 22.2 Å². The molecule has 0 aromatic heterocycles. The Morgan fingerprint density at radius 3 is 2.53 bits per heavy atom. The van der Waals surface area contributed by atoms with Crippen LogP contribution in [-0.2, 0) is 10.5 Å². The van der Waals surface area contributed by atoms with E-state index < -0.39 is 5.60 Å². The molecule has 1 spiro atoms. The van der Waals surface area contributed by atoms with Crippen LogP contribution in [0.5, 0.6) is 17.2 Å². The number of hydrogen-bond acceptors (Lipinski definition) is 6. The number of methoxy groups -OCH3 is 2. The summed E-state index contributed by atoms with van der Waals surface area (Å²) in [7, 11) is 2.97. The predicted molar refractivity (Wildman–Crippen MR) is 117 cm³/mol. The molecule has 156 valence electrons. The number of Topliss-reactive ketones (excluding diaryl/α,β-unsaturated/α-hetero) is 1. The van der Waals surface area contributed by atoms with Gasteiger partial charge in [0.25, 0.3) is 0 Å². The van der Waals surface area contributed by atoms with Gasteiger partial charge in [0.2, 0.25) is 11.4 Å². The molecule has 1 heterocycles. The lowest BCUT2D eigenvalue weighted by Crippen LogP contribution is -2.50. The number of hydrogen-bond donors (Lipinski definition) is 0. The number of ether oxygens (including phenoxy) is 3. The van der Waals surface area contributed by atoms with E-state index in [4.69, 9.17) is 25.8 Å². The third-order valence-electron chi connectivity index (χ3n) is 5.52. The lowest BCUT2D eigenvalue weighted by Gasteiger charge is -2.37. The van der Waals surface area contributed by atoms with E-state index in [0.717, 1.165) is 5.56 Å². The molecule has 0 saturated carbocycles. The third kappa shape index (κ3) is 3.19. The van der Waals surface area contributed by atoms with Crippen LogP contribution in [0.2, 0.25) is 5.02 Å². The van der Waals surface area contributed by atoms with E-state index in [9.17, 15) is 9.59 Å². The number of carbonyl (C=O) groups excluding carboxylic acids is 2. The maximum absolute atomic E-state index is 13.8. The number of ketones is 2. The topological polar surface area (TPSA) is 61.8 Å². The van der Waals surface area contributed by atoms with Gasteiger partial charge in [-0.2, -0.15) is 0 Å². The maximum Gasteiger partial charge on any atom is 0.219 e. The highest BCUT2D eigenvalue weighted by molar-refractivity contribution is 8.02. The highest BCUT2D eigenvalue weighted by atomic mass is 35.5. The fourth-order valence-corrected chi connectivity index (χ4v) is 5.52. The molecule has 0 amide bonds. The number of allylic oxidation sites excluding steroid dienone is 1. The Morgan fingerprint density at radius 1 is 1.17 bits per heavy atom. The molecule has 0 N–H and O–H groups in total. The molecule has 2 aromatic rings. The molecule has 5 nitrogen and oxygen atoms in total. The second-order valence-electron chi connectivity index (χ2n) is 7.32. The quantitative estimate of drug-likeness (QED) is 0.639. The number of fused-ring (bicyclic) bond motifs is 1. The molecule has 2 aromatic carbocycles. The molecule has 4 rings (SSSR count). The standard InChI is InChI=1S/C23H21ClO5S/c1-13-9-15(25)10-18(30-12-14-7-5-4-6-8-14)23(13)22(26)19-16(27-2)11-17(28-3)20(24)21(19)29-23/h4-8,10-11,13H,9,12H2,1-3H3. The van der Waals surface area contributed by atoms with Crippen LogP contribution >= 0.6 is 23.4 Å². The summed E-state index contributed by atoms with van der Waals surface area (Å²) in [6.07, 6.45) is 1.75. The maximum atomic E-state index is 13.8. The third-order valence-corrected chi connectivity index (χ3v) is 7.08. The van der Waals surface area contributed by atoms with E-state index in [1.165, 1.54) is 32.1 Å². The van der Waals surface area contributed by atoms with Gasteiger partial charge >= 0.3 is 0 Å². The molecule has 2 atom stereocenters. The van der Waals surface area contributed by atoms with Crippen molar-refractivity contribution < 1.29 is 23.8 Å². The Hall–Kier alpha value is -2.44. The molecular formula is C23H21ClO5S. The van der Waals surface area contributed by atoms with Crippen LogP contribution in [0.1, 0.15) is 29.3 Å². The smallest absolute Gasteiger partial charge is 0.219 e. The number of benzene rings is 2. The highest BCUT2D eigenvalue weighted by Gasteiger charge is 2.58. The van der Waals surface area contributed by atoms with Crippen LogP contribution in [-0.4, -0.2) is 31.4 Å². The molecule has 1 aliphatic heterocycles. The van der Waals surface area contributed by atoms with Gasteiger partial charge in [-0.3, -0.25) is 9.59 Å². The van der Waals surface area contributed by atoms with Crippen LogP contribution in [0.15, 0.2) is 47.4 Å². The van der Waals surface area contributed by atoms with Gasteiger partial charge in [0.15, 0.2) is 11.5 Å². The van der Waals surface area contributed by atoms with Crippen LogP contribution in [0.3, 0.4) is 0 Å². The summed E-state index contributed by atoms with van der Waals surface area (Å²) in [5.41, 5.74) is 0.0686. The zero-order valence-electron chi connectivity index (χ0n) is 16.9. The van der Waals surface area contributed by atoms with Crippen molar-refractivity contribution in [2.45, 2.75) is 24.7 Å². The van der Waals surface area contributed by atoms with Crippen molar-refractivity contribution in [2.24, 2.45) is 5.92 Å². The summed E-state index contributed by atoms with van der Waals surface area (Å²) >= 11 is 7.93. The Labute approximate surface area is 184 Å². The highest BCUT2D eigenvalue weighted by Crippen LogP contribution is 2.56. The summed E-state index contributed by atoms with van der Waals surface area (Å²) in [6, 6.07) is 11.5. The van der Waals surface area contributed by atoms with Crippen molar-refractivity contribution >= 4 is 34.9 Å². The van der Waals surface area contributed by atoms with E-state index >= 15 is 0 Å². The Balaban J connectivity index is 1.80. The Kier molecular flexibility index (Phi) is 5.55. The summed E-state index contributed by atoms with van der Waals surface area (Å²) in [6.45, 7) is 1.86. The molecule has 2 unspecified atom stereocenters. The van der Waals surface area contributed by atoms with Crippen molar-refractivity contribution in [2.75, 3.05) is 14.2 Å². The minimum Gasteiger partial charge on any atom is -0.496 e. The first-order valence-corrected chi connectivity index (χ1v) is 10.9. The molecule has 2 aliphatic rings. The first-order valence-electron chi connectivity index (χ1n) is 9.52. The average Bonchev–Trinajstić information content (AvgIpc) is 3.06. The number of carbonyl (C=O) groups is 2. The number of halogens is 1. The van der Waals surface area contributed by atoms with Crippen LogP contribution < -0.4 is 14.2 Å². The van der Waals surface area contributed by atoms with Crippen LogP contribution in [0.4, 0.5) is 0 Å².